The first-order chi connectivity index (χ1) is 16.6. The molecule has 2 aromatic rings. The molecule has 1 amide bonds. The van der Waals surface area contributed by atoms with Crippen LogP contribution in [0.25, 0.3) is 6.08 Å². The van der Waals surface area contributed by atoms with E-state index in [0.717, 1.165) is 27.8 Å². The zero-order valence-electron chi connectivity index (χ0n) is 23.5. The van der Waals surface area contributed by atoms with Crippen LogP contribution in [0.4, 0.5) is 0 Å². The number of carbonyl (C=O) groups excluding carboxylic acids is 1. The molecular formula is C30H43NO4S. The highest BCUT2D eigenvalue weighted by Gasteiger charge is 2.23. The molecule has 0 fully saturated rings. The van der Waals surface area contributed by atoms with Crippen molar-refractivity contribution in [2.75, 3.05) is 0 Å². The average molecular weight is 514 g/mol. The molecule has 0 aliphatic carbocycles. The number of amides is 1. The van der Waals surface area contributed by atoms with Crippen molar-refractivity contribution in [3.63, 3.8) is 0 Å². The molecule has 0 atom stereocenters. The van der Waals surface area contributed by atoms with Crippen molar-refractivity contribution >= 4 is 22.3 Å². The number of para-hydroxylation sites is 1. The number of hydrogen-bond donors (Lipinski definition) is 1. The Balaban J connectivity index is 2.39. The summed E-state index contributed by atoms with van der Waals surface area (Å²) in [7, 11) is -4.37. The van der Waals surface area contributed by atoms with Gasteiger partial charge in [0.25, 0.3) is 5.91 Å². The van der Waals surface area contributed by atoms with Crippen molar-refractivity contribution < 1.29 is 17.4 Å². The standard InChI is InChI=1S/C30H43NO4S/c1-18(2)23-16-27(21(7)8)26(28(17-23)22(9)10)14-15-29(32)31-36(33,34)35-30-24(19(3)4)12-11-13-25(30)20(5)6/h11-22H,1-10H3,(H,31,32)/b15-14+. The second kappa shape index (κ2) is 12.1. The third kappa shape index (κ3) is 7.45. The normalized spacial score (nSPS) is 12.5. The van der Waals surface area contributed by atoms with E-state index in [0.29, 0.717) is 11.7 Å². The lowest BCUT2D eigenvalue weighted by Gasteiger charge is -2.21. The van der Waals surface area contributed by atoms with Crippen LogP contribution in [-0.2, 0) is 15.1 Å². The van der Waals surface area contributed by atoms with Gasteiger partial charge in [0.1, 0.15) is 0 Å². The Hall–Kier alpha value is -2.60. The Kier molecular flexibility index (Phi) is 9.95. The van der Waals surface area contributed by atoms with E-state index in [9.17, 15) is 13.2 Å². The molecule has 0 aromatic heterocycles. The minimum absolute atomic E-state index is 0.0576. The first-order valence-corrected chi connectivity index (χ1v) is 14.3. The molecule has 0 saturated heterocycles. The summed E-state index contributed by atoms with van der Waals surface area (Å²) in [5.41, 5.74) is 6.06. The number of nitrogens with one attached hydrogen (secondary N) is 1. The molecule has 2 aromatic carbocycles. The summed E-state index contributed by atoms with van der Waals surface area (Å²) in [5, 5.41) is 0. The van der Waals surface area contributed by atoms with E-state index in [1.54, 1.807) is 6.08 Å². The Morgan fingerprint density at radius 3 is 1.58 bits per heavy atom. The van der Waals surface area contributed by atoms with Gasteiger partial charge in [-0.1, -0.05) is 99.6 Å². The van der Waals surface area contributed by atoms with E-state index in [2.05, 4.69) is 58.4 Å². The van der Waals surface area contributed by atoms with Crippen molar-refractivity contribution in [2.24, 2.45) is 0 Å². The van der Waals surface area contributed by atoms with Crippen LogP contribution in [0, 0.1) is 0 Å². The van der Waals surface area contributed by atoms with Crippen LogP contribution in [0.5, 0.6) is 5.75 Å². The molecule has 36 heavy (non-hydrogen) atoms. The van der Waals surface area contributed by atoms with Crippen LogP contribution < -0.4 is 8.91 Å². The SMILES string of the molecule is CC(C)c1cc(C(C)C)c(/C=C/C(=O)NS(=O)(=O)Oc2c(C(C)C)cccc2C(C)C)c(C(C)C)c1. The summed E-state index contributed by atoms with van der Waals surface area (Å²) in [6.07, 6.45) is 3.00. The van der Waals surface area contributed by atoms with Gasteiger partial charge in [-0.05, 0) is 69.0 Å². The summed E-state index contributed by atoms with van der Waals surface area (Å²) in [6, 6.07) is 9.98. The van der Waals surface area contributed by atoms with Crippen molar-refractivity contribution in [1.82, 2.24) is 4.72 Å². The lowest BCUT2D eigenvalue weighted by molar-refractivity contribution is -0.114. The summed E-state index contributed by atoms with van der Waals surface area (Å²) >= 11 is 0. The van der Waals surface area contributed by atoms with Gasteiger partial charge in [0.2, 0.25) is 0 Å². The third-order valence-corrected chi connectivity index (χ3v) is 7.15. The predicted molar refractivity (Wildman–Crippen MR) is 150 cm³/mol. The van der Waals surface area contributed by atoms with Crippen molar-refractivity contribution in [3.8, 4) is 5.75 Å². The summed E-state index contributed by atoms with van der Waals surface area (Å²) in [6.45, 7) is 20.7. The number of hydrogen-bond acceptors (Lipinski definition) is 4. The zero-order valence-corrected chi connectivity index (χ0v) is 24.3. The molecular weight excluding hydrogens is 470 g/mol. The van der Waals surface area contributed by atoms with E-state index < -0.39 is 16.2 Å². The Bertz CT molecular complexity index is 1150. The summed E-state index contributed by atoms with van der Waals surface area (Å²) < 4.78 is 33.2. The lowest BCUT2D eigenvalue weighted by atomic mass is 9.84. The van der Waals surface area contributed by atoms with E-state index in [4.69, 9.17) is 4.18 Å². The first kappa shape index (κ1) is 29.6. The highest BCUT2D eigenvalue weighted by Crippen LogP contribution is 2.35. The molecule has 0 radical (unpaired) electrons. The monoisotopic (exact) mass is 513 g/mol. The molecule has 0 aliphatic rings. The molecule has 0 aliphatic heterocycles. The highest BCUT2D eigenvalue weighted by atomic mass is 32.2. The molecule has 198 valence electrons. The lowest BCUT2D eigenvalue weighted by Crippen LogP contribution is -2.33. The van der Waals surface area contributed by atoms with Crippen molar-refractivity contribution in [2.45, 2.75) is 98.8 Å². The van der Waals surface area contributed by atoms with E-state index >= 15 is 0 Å². The number of rotatable bonds is 10. The van der Waals surface area contributed by atoms with Gasteiger partial charge >= 0.3 is 10.3 Å². The quantitative estimate of drug-likeness (QED) is 0.330. The van der Waals surface area contributed by atoms with Crippen LogP contribution in [0.15, 0.2) is 36.4 Å². The molecule has 5 nitrogen and oxygen atoms in total. The van der Waals surface area contributed by atoms with Gasteiger partial charge in [-0.2, -0.15) is 8.42 Å². The van der Waals surface area contributed by atoms with Gasteiger partial charge in [-0.25, -0.2) is 4.72 Å². The fourth-order valence-electron chi connectivity index (χ4n) is 4.23. The third-order valence-electron chi connectivity index (χ3n) is 6.32. The van der Waals surface area contributed by atoms with Gasteiger partial charge in [-0.15, -0.1) is 0 Å². The second-order valence-corrected chi connectivity index (χ2v) is 12.3. The second-order valence-electron chi connectivity index (χ2n) is 11.0. The smallest absolute Gasteiger partial charge is 0.366 e. The molecule has 6 heteroatoms. The summed E-state index contributed by atoms with van der Waals surface area (Å²) in [4.78, 5) is 12.7. The topological polar surface area (TPSA) is 72.5 Å². The molecule has 0 bridgehead atoms. The summed E-state index contributed by atoms with van der Waals surface area (Å²) in [5.74, 6) is 0.536. The maximum absolute atomic E-state index is 12.9. The van der Waals surface area contributed by atoms with Crippen LogP contribution in [0.2, 0.25) is 0 Å². The minimum Gasteiger partial charge on any atom is -0.366 e. The van der Waals surface area contributed by atoms with Crippen LogP contribution in [0.3, 0.4) is 0 Å². The fourth-order valence-corrected chi connectivity index (χ4v) is 5.00. The van der Waals surface area contributed by atoms with Gasteiger partial charge in [-0.3, -0.25) is 4.79 Å². The zero-order chi connectivity index (χ0) is 27.4. The van der Waals surface area contributed by atoms with Gasteiger partial charge in [0, 0.05) is 6.08 Å². The van der Waals surface area contributed by atoms with Gasteiger partial charge < -0.3 is 4.18 Å². The number of benzene rings is 2. The number of carbonyl (C=O) groups is 1. The van der Waals surface area contributed by atoms with Gasteiger partial charge in [0.15, 0.2) is 5.75 Å². The molecule has 2 rings (SSSR count). The largest absolute Gasteiger partial charge is 0.409 e. The first-order valence-electron chi connectivity index (χ1n) is 12.9. The molecule has 0 heterocycles. The maximum atomic E-state index is 12.9. The van der Waals surface area contributed by atoms with Crippen LogP contribution in [-0.4, -0.2) is 14.3 Å². The molecule has 0 spiro atoms. The fraction of sp³-hybridized carbons (Fsp3) is 0.500. The molecule has 0 saturated carbocycles. The highest BCUT2D eigenvalue weighted by molar-refractivity contribution is 7.85. The van der Waals surface area contributed by atoms with E-state index in [1.165, 1.54) is 11.6 Å². The van der Waals surface area contributed by atoms with Gasteiger partial charge in [0.05, 0.1) is 0 Å². The Labute approximate surface area is 218 Å². The minimum atomic E-state index is -4.37. The van der Waals surface area contributed by atoms with Crippen LogP contribution >= 0.6 is 0 Å². The molecule has 0 unspecified atom stereocenters. The van der Waals surface area contributed by atoms with Crippen LogP contribution in [0.1, 0.15) is 132 Å². The maximum Gasteiger partial charge on any atom is 0.409 e. The average Bonchev–Trinajstić information content (AvgIpc) is 2.75. The molecule has 1 N–H and O–H groups in total. The van der Waals surface area contributed by atoms with E-state index in [-0.39, 0.29) is 23.7 Å². The van der Waals surface area contributed by atoms with E-state index in [1.807, 2.05) is 45.9 Å². The van der Waals surface area contributed by atoms with Crippen molar-refractivity contribution in [3.05, 3.63) is 69.8 Å². The van der Waals surface area contributed by atoms with Crippen molar-refractivity contribution in [1.29, 1.82) is 0 Å². The Morgan fingerprint density at radius 2 is 1.19 bits per heavy atom. The predicted octanol–water partition coefficient (Wildman–Crippen LogP) is 7.76. The Morgan fingerprint density at radius 1 is 0.750 bits per heavy atom.